The maximum Gasteiger partial charge on any atom is 0.222 e. The van der Waals surface area contributed by atoms with Crippen LogP contribution in [0.2, 0.25) is 0 Å². The Balaban J connectivity index is 2.21. The van der Waals surface area contributed by atoms with Crippen LogP contribution in [-0.2, 0) is 11.3 Å². The molecule has 2 aromatic carbocycles. The van der Waals surface area contributed by atoms with Gasteiger partial charge in [-0.25, -0.2) is 0 Å². The lowest BCUT2D eigenvalue weighted by Crippen LogP contribution is -2.27. The summed E-state index contributed by atoms with van der Waals surface area (Å²) in [5.74, 6) is 0.128. The Morgan fingerprint density at radius 3 is 2.59 bits per heavy atom. The third-order valence-electron chi connectivity index (χ3n) is 2.86. The molecule has 0 heterocycles. The number of nitrogens with one attached hydrogen (secondary N) is 1. The third-order valence-corrected chi connectivity index (χ3v) is 2.86. The largest absolute Gasteiger partial charge is 0.352 e. The predicted octanol–water partition coefficient (Wildman–Crippen LogP) is 3.11. The molecular formula is C15H17NO. The second-order valence-corrected chi connectivity index (χ2v) is 4.51. The lowest BCUT2D eigenvalue weighted by molar-refractivity contribution is -0.124. The Bertz CT molecular complexity index is 526. The molecule has 0 saturated carbocycles. The molecule has 0 aliphatic carbocycles. The zero-order valence-corrected chi connectivity index (χ0v) is 10.2. The summed E-state index contributed by atoms with van der Waals surface area (Å²) in [5.41, 5.74) is 1.16. The zero-order valence-electron chi connectivity index (χ0n) is 10.2. The Morgan fingerprint density at radius 1 is 1.12 bits per heavy atom. The van der Waals surface area contributed by atoms with Gasteiger partial charge in [-0.3, -0.25) is 4.79 Å². The second-order valence-electron chi connectivity index (χ2n) is 4.51. The van der Waals surface area contributed by atoms with Gasteiger partial charge in [-0.05, 0) is 16.3 Å². The number of fused-ring (bicyclic) bond motifs is 1. The minimum atomic E-state index is 0.0324. The first-order chi connectivity index (χ1) is 8.18. The molecule has 0 aliphatic rings. The molecule has 0 fully saturated rings. The summed E-state index contributed by atoms with van der Waals surface area (Å²) in [6.07, 6.45) is 0. The van der Waals surface area contributed by atoms with E-state index in [1.807, 2.05) is 32.0 Å². The van der Waals surface area contributed by atoms with Crippen LogP contribution in [0.15, 0.2) is 42.5 Å². The van der Waals surface area contributed by atoms with Gasteiger partial charge in [0.2, 0.25) is 5.91 Å². The van der Waals surface area contributed by atoms with Gasteiger partial charge in [0.25, 0.3) is 0 Å². The Hall–Kier alpha value is -1.83. The van der Waals surface area contributed by atoms with E-state index in [1.54, 1.807) is 0 Å². The van der Waals surface area contributed by atoms with Crippen molar-refractivity contribution in [3.05, 3.63) is 48.0 Å². The molecule has 2 nitrogen and oxygen atoms in total. The molecule has 2 aromatic rings. The highest BCUT2D eigenvalue weighted by atomic mass is 16.1. The van der Waals surface area contributed by atoms with Crippen molar-refractivity contribution in [3.63, 3.8) is 0 Å². The van der Waals surface area contributed by atoms with Crippen molar-refractivity contribution in [1.29, 1.82) is 0 Å². The first-order valence-corrected chi connectivity index (χ1v) is 5.93. The monoisotopic (exact) mass is 227 g/mol. The summed E-state index contributed by atoms with van der Waals surface area (Å²) >= 11 is 0. The van der Waals surface area contributed by atoms with E-state index in [1.165, 1.54) is 10.8 Å². The SMILES string of the molecule is CC(C)C(=O)NCc1cccc2ccccc12. The number of amides is 1. The number of benzene rings is 2. The molecule has 88 valence electrons. The quantitative estimate of drug-likeness (QED) is 0.857. The summed E-state index contributed by atoms with van der Waals surface area (Å²) in [6, 6.07) is 14.4. The number of carbonyl (C=O) groups excluding carboxylic acids is 1. The topological polar surface area (TPSA) is 29.1 Å². The molecule has 1 amide bonds. The highest BCUT2D eigenvalue weighted by Gasteiger charge is 2.06. The third kappa shape index (κ3) is 2.64. The van der Waals surface area contributed by atoms with E-state index < -0.39 is 0 Å². The van der Waals surface area contributed by atoms with Crippen molar-refractivity contribution in [2.75, 3.05) is 0 Å². The van der Waals surface area contributed by atoms with Gasteiger partial charge in [-0.15, -0.1) is 0 Å². The molecule has 1 N–H and O–H groups in total. The average molecular weight is 227 g/mol. The molecule has 2 rings (SSSR count). The molecule has 2 heteroatoms. The fourth-order valence-electron chi connectivity index (χ4n) is 1.83. The van der Waals surface area contributed by atoms with E-state index in [0.717, 1.165) is 5.56 Å². The fourth-order valence-corrected chi connectivity index (χ4v) is 1.83. The van der Waals surface area contributed by atoms with Crippen molar-refractivity contribution in [3.8, 4) is 0 Å². The molecule has 0 unspecified atom stereocenters. The van der Waals surface area contributed by atoms with E-state index in [2.05, 4.69) is 29.6 Å². The molecule has 0 bridgehead atoms. The van der Waals surface area contributed by atoms with E-state index in [9.17, 15) is 4.79 Å². The lowest BCUT2D eigenvalue weighted by Gasteiger charge is -2.10. The van der Waals surface area contributed by atoms with Gasteiger partial charge in [0.1, 0.15) is 0 Å². The lowest BCUT2D eigenvalue weighted by atomic mass is 10.0. The van der Waals surface area contributed by atoms with E-state index in [0.29, 0.717) is 6.54 Å². The summed E-state index contributed by atoms with van der Waals surface area (Å²) < 4.78 is 0. The molecule has 0 aliphatic heterocycles. The molecule has 0 saturated heterocycles. The second kappa shape index (κ2) is 5.00. The van der Waals surface area contributed by atoms with Crippen LogP contribution in [0.4, 0.5) is 0 Å². The van der Waals surface area contributed by atoms with Crippen LogP contribution in [0.5, 0.6) is 0 Å². The Labute approximate surface area is 102 Å². The van der Waals surface area contributed by atoms with Gasteiger partial charge >= 0.3 is 0 Å². The predicted molar refractivity (Wildman–Crippen MR) is 70.6 cm³/mol. The van der Waals surface area contributed by atoms with Crippen LogP contribution in [0.25, 0.3) is 10.8 Å². The summed E-state index contributed by atoms with van der Waals surface area (Å²) in [6.45, 7) is 4.40. The van der Waals surface area contributed by atoms with Gasteiger partial charge in [0.05, 0.1) is 0 Å². The van der Waals surface area contributed by atoms with Crippen molar-refractivity contribution < 1.29 is 4.79 Å². The summed E-state index contributed by atoms with van der Waals surface area (Å²) in [7, 11) is 0. The van der Waals surface area contributed by atoms with Crippen molar-refractivity contribution in [2.24, 2.45) is 5.92 Å². The van der Waals surface area contributed by atoms with Crippen LogP contribution >= 0.6 is 0 Å². The smallest absolute Gasteiger partial charge is 0.222 e. The number of hydrogen-bond acceptors (Lipinski definition) is 1. The van der Waals surface area contributed by atoms with Crippen LogP contribution in [-0.4, -0.2) is 5.91 Å². The maximum absolute atomic E-state index is 11.5. The summed E-state index contributed by atoms with van der Waals surface area (Å²) in [5, 5.41) is 5.37. The fraction of sp³-hybridized carbons (Fsp3) is 0.267. The van der Waals surface area contributed by atoms with Gasteiger partial charge < -0.3 is 5.32 Å². The molecular weight excluding hydrogens is 210 g/mol. The molecule has 0 atom stereocenters. The van der Waals surface area contributed by atoms with Crippen molar-refractivity contribution in [2.45, 2.75) is 20.4 Å². The minimum Gasteiger partial charge on any atom is -0.352 e. The molecule has 0 radical (unpaired) electrons. The van der Waals surface area contributed by atoms with E-state index >= 15 is 0 Å². The van der Waals surface area contributed by atoms with Gasteiger partial charge in [0.15, 0.2) is 0 Å². The highest BCUT2D eigenvalue weighted by Crippen LogP contribution is 2.18. The number of hydrogen-bond donors (Lipinski definition) is 1. The van der Waals surface area contributed by atoms with Gasteiger partial charge in [-0.2, -0.15) is 0 Å². The molecule has 0 aromatic heterocycles. The average Bonchev–Trinajstić information content (AvgIpc) is 2.35. The van der Waals surface area contributed by atoms with Crippen molar-refractivity contribution in [1.82, 2.24) is 5.32 Å². The first-order valence-electron chi connectivity index (χ1n) is 5.93. The normalized spacial score (nSPS) is 10.8. The maximum atomic E-state index is 11.5. The Morgan fingerprint density at radius 2 is 1.82 bits per heavy atom. The highest BCUT2D eigenvalue weighted by molar-refractivity contribution is 5.86. The van der Waals surface area contributed by atoms with Crippen LogP contribution < -0.4 is 5.32 Å². The number of rotatable bonds is 3. The molecule has 17 heavy (non-hydrogen) atoms. The van der Waals surface area contributed by atoms with Crippen molar-refractivity contribution >= 4 is 16.7 Å². The van der Waals surface area contributed by atoms with Gasteiger partial charge in [-0.1, -0.05) is 56.3 Å². The summed E-state index contributed by atoms with van der Waals surface area (Å²) in [4.78, 5) is 11.5. The zero-order chi connectivity index (χ0) is 12.3. The first kappa shape index (κ1) is 11.6. The minimum absolute atomic E-state index is 0.0324. The van der Waals surface area contributed by atoms with Crippen LogP contribution in [0.3, 0.4) is 0 Å². The number of carbonyl (C=O) groups is 1. The molecule has 0 spiro atoms. The van der Waals surface area contributed by atoms with Gasteiger partial charge in [0, 0.05) is 12.5 Å². The standard InChI is InChI=1S/C15H17NO/c1-11(2)15(17)16-10-13-8-5-7-12-6-3-4-9-14(12)13/h3-9,11H,10H2,1-2H3,(H,16,17). The van der Waals surface area contributed by atoms with Crippen LogP contribution in [0, 0.1) is 5.92 Å². The Kier molecular flexibility index (Phi) is 3.43. The van der Waals surface area contributed by atoms with Crippen LogP contribution in [0.1, 0.15) is 19.4 Å². The van der Waals surface area contributed by atoms with E-state index in [-0.39, 0.29) is 11.8 Å². The van der Waals surface area contributed by atoms with E-state index in [4.69, 9.17) is 0 Å².